The van der Waals surface area contributed by atoms with Gasteiger partial charge in [-0.25, -0.2) is 0 Å². The van der Waals surface area contributed by atoms with E-state index >= 15 is 0 Å². The zero-order chi connectivity index (χ0) is 5.28. The molecule has 0 N–H and O–H groups in total. The third-order valence-electron chi connectivity index (χ3n) is 1.45. The average molecular weight is 186 g/mol. The molecule has 0 aliphatic heterocycles. The van der Waals surface area contributed by atoms with Crippen LogP contribution in [0.5, 0.6) is 0 Å². The largest absolute Gasteiger partial charge is 0.334 e. The second-order valence-electron chi connectivity index (χ2n) is 2.01. The van der Waals surface area contributed by atoms with Crippen LogP contribution in [-0.2, 0) is 37.5 Å². The van der Waals surface area contributed by atoms with Crippen LogP contribution in [0.25, 0.3) is 0 Å². The van der Waals surface area contributed by atoms with Gasteiger partial charge in [0.25, 0.3) is 0 Å². The Kier molecular flexibility index (Phi) is 3.92. The first-order valence-corrected chi connectivity index (χ1v) is 2.66. The Morgan fingerprint density at radius 3 is 2.00 bits per heavy atom. The standard InChI is InChI=1S/C6H9O.Y/c1-5(7)6-3-2-4-6;/h2-4H2,1H3;/q-1;. The summed E-state index contributed by atoms with van der Waals surface area (Å²) in [7, 11) is 0. The molecule has 0 atom stereocenters. The normalized spacial score (nSPS) is 16.4. The number of carbonyl (C=O) groups excluding carboxylic acids is 1. The molecule has 2 heteroatoms. The molecule has 1 fully saturated rings. The maximum atomic E-state index is 10.4. The van der Waals surface area contributed by atoms with Crippen molar-refractivity contribution in [3.8, 4) is 0 Å². The van der Waals surface area contributed by atoms with Crippen LogP contribution in [0.3, 0.4) is 0 Å². The van der Waals surface area contributed by atoms with E-state index in [2.05, 4.69) is 0 Å². The van der Waals surface area contributed by atoms with Crippen LogP contribution in [0.4, 0.5) is 0 Å². The molecule has 0 aromatic carbocycles. The molecule has 43 valence electrons. The Balaban J connectivity index is 0.000000490. The average Bonchev–Trinajstić information content (AvgIpc) is 1.23. The molecule has 1 aliphatic rings. The van der Waals surface area contributed by atoms with E-state index in [0.29, 0.717) is 5.78 Å². The third-order valence-corrected chi connectivity index (χ3v) is 1.45. The SMILES string of the molecule is CC(=O)[C-]1CCC1.[Y]. The summed E-state index contributed by atoms with van der Waals surface area (Å²) in [4.78, 5) is 10.4. The number of Topliss-reactive ketones (excluding diaryl/α,β-unsaturated/α-hetero) is 1. The van der Waals surface area contributed by atoms with Gasteiger partial charge >= 0.3 is 0 Å². The van der Waals surface area contributed by atoms with Gasteiger partial charge in [-0.1, -0.05) is 0 Å². The van der Waals surface area contributed by atoms with E-state index in [1.807, 2.05) is 0 Å². The Morgan fingerprint density at radius 2 is 2.00 bits per heavy atom. The van der Waals surface area contributed by atoms with E-state index in [1.165, 1.54) is 6.42 Å². The predicted octanol–water partition coefficient (Wildman–Crippen LogP) is 1.33. The van der Waals surface area contributed by atoms with Crippen molar-refractivity contribution < 1.29 is 37.5 Å². The Hall–Kier alpha value is 0.644. The molecule has 0 unspecified atom stereocenters. The summed E-state index contributed by atoms with van der Waals surface area (Å²) in [6.45, 7) is 1.65. The van der Waals surface area contributed by atoms with Gasteiger partial charge in [0.15, 0.2) is 0 Å². The van der Waals surface area contributed by atoms with Crippen LogP contribution in [0, 0.1) is 5.92 Å². The quantitative estimate of drug-likeness (QED) is 0.564. The van der Waals surface area contributed by atoms with Gasteiger partial charge in [-0.2, -0.15) is 12.8 Å². The maximum absolute atomic E-state index is 10.4. The topological polar surface area (TPSA) is 17.1 Å². The van der Waals surface area contributed by atoms with Crippen LogP contribution in [0.2, 0.25) is 0 Å². The van der Waals surface area contributed by atoms with Crippen molar-refractivity contribution in [2.75, 3.05) is 0 Å². The second kappa shape index (κ2) is 3.63. The second-order valence-corrected chi connectivity index (χ2v) is 2.01. The smallest absolute Gasteiger partial charge is 0 e. The summed E-state index contributed by atoms with van der Waals surface area (Å²) in [6, 6.07) is 0. The molecule has 1 nitrogen and oxygen atoms in total. The van der Waals surface area contributed by atoms with Crippen molar-refractivity contribution in [1.29, 1.82) is 0 Å². The van der Waals surface area contributed by atoms with Crippen LogP contribution >= 0.6 is 0 Å². The monoisotopic (exact) mass is 186 g/mol. The summed E-state index contributed by atoms with van der Waals surface area (Å²) in [5, 5.41) is 0. The van der Waals surface area contributed by atoms with E-state index in [0.717, 1.165) is 18.8 Å². The van der Waals surface area contributed by atoms with Crippen molar-refractivity contribution in [2.24, 2.45) is 0 Å². The number of hydrogen-bond acceptors (Lipinski definition) is 1. The molecule has 0 bridgehead atoms. The molecule has 1 rings (SSSR count). The molecule has 0 aromatic rings. The van der Waals surface area contributed by atoms with Crippen molar-refractivity contribution in [3.05, 3.63) is 5.92 Å². The van der Waals surface area contributed by atoms with Gasteiger partial charge in [0.1, 0.15) is 0 Å². The molecular formula is C6H9OY-. The van der Waals surface area contributed by atoms with Gasteiger partial charge in [-0.15, -0.1) is 6.42 Å². The first-order chi connectivity index (χ1) is 3.30. The van der Waals surface area contributed by atoms with Crippen molar-refractivity contribution in [3.63, 3.8) is 0 Å². The van der Waals surface area contributed by atoms with Gasteiger partial charge in [0.2, 0.25) is 0 Å². The maximum Gasteiger partial charge on any atom is 0 e. The minimum atomic E-state index is 0. The van der Waals surface area contributed by atoms with Crippen molar-refractivity contribution >= 4 is 5.78 Å². The summed E-state index contributed by atoms with van der Waals surface area (Å²) in [5.41, 5.74) is 0. The van der Waals surface area contributed by atoms with Gasteiger partial charge in [0, 0.05) is 32.7 Å². The molecule has 8 heavy (non-hydrogen) atoms. The molecule has 1 saturated carbocycles. The van der Waals surface area contributed by atoms with Crippen LogP contribution in [0.15, 0.2) is 0 Å². The zero-order valence-corrected chi connectivity index (χ0v) is 7.95. The third kappa shape index (κ3) is 1.87. The molecular weight excluding hydrogens is 177 g/mol. The number of rotatable bonds is 1. The molecule has 1 radical (unpaired) electrons. The van der Waals surface area contributed by atoms with E-state index in [4.69, 9.17) is 0 Å². The fourth-order valence-electron chi connectivity index (χ4n) is 0.706. The number of carbonyl (C=O) groups is 1. The first-order valence-electron chi connectivity index (χ1n) is 2.66. The summed E-state index contributed by atoms with van der Waals surface area (Å²) in [5.74, 6) is 1.44. The fraction of sp³-hybridized carbons (Fsp3) is 0.667. The summed E-state index contributed by atoms with van der Waals surface area (Å²) < 4.78 is 0. The van der Waals surface area contributed by atoms with E-state index in [1.54, 1.807) is 6.92 Å². The zero-order valence-electron chi connectivity index (χ0n) is 5.11. The fourth-order valence-corrected chi connectivity index (χ4v) is 0.706. The van der Waals surface area contributed by atoms with E-state index in [-0.39, 0.29) is 32.7 Å². The Morgan fingerprint density at radius 1 is 1.50 bits per heavy atom. The predicted molar refractivity (Wildman–Crippen MR) is 27.8 cm³/mol. The van der Waals surface area contributed by atoms with Crippen LogP contribution in [0.1, 0.15) is 26.2 Å². The van der Waals surface area contributed by atoms with Gasteiger partial charge in [0.05, 0.1) is 0 Å². The van der Waals surface area contributed by atoms with Crippen LogP contribution in [-0.4, -0.2) is 5.78 Å². The first kappa shape index (κ1) is 8.64. The van der Waals surface area contributed by atoms with E-state index in [9.17, 15) is 4.79 Å². The molecule has 0 amide bonds. The van der Waals surface area contributed by atoms with Crippen LogP contribution < -0.4 is 0 Å². The van der Waals surface area contributed by atoms with Gasteiger partial charge < -0.3 is 10.7 Å². The summed E-state index contributed by atoms with van der Waals surface area (Å²) in [6.07, 6.45) is 3.36. The summed E-state index contributed by atoms with van der Waals surface area (Å²) >= 11 is 0. The van der Waals surface area contributed by atoms with Gasteiger partial charge in [-0.3, -0.25) is 0 Å². The minimum absolute atomic E-state index is 0. The number of ketones is 1. The molecule has 1 aliphatic carbocycles. The van der Waals surface area contributed by atoms with Gasteiger partial charge in [-0.05, 0) is 12.7 Å². The molecule has 0 spiro atoms. The van der Waals surface area contributed by atoms with Crippen molar-refractivity contribution in [1.82, 2.24) is 0 Å². The van der Waals surface area contributed by atoms with Crippen molar-refractivity contribution in [2.45, 2.75) is 26.2 Å². The Bertz CT molecular complexity index is 86.5. The van der Waals surface area contributed by atoms with E-state index < -0.39 is 0 Å². The molecule has 0 heterocycles. The molecule has 0 saturated heterocycles. The molecule has 0 aromatic heterocycles. The Labute approximate surface area is 75.1 Å². The minimum Gasteiger partial charge on any atom is -0.334 e. The number of hydrogen-bond donors (Lipinski definition) is 0.